The van der Waals surface area contributed by atoms with Crippen LogP contribution >= 0.6 is 11.8 Å². The number of carbonyl (C=O) groups is 1. The van der Waals surface area contributed by atoms with Crippen LogP contribution in [0.25, 0.3) is 6.08 Å². The number of benzene rings is 1. The highest BCUT2D eigenvalue weighted by molar-refractivity contribution is 8.18. The highest BCUT2D eigenvalue weighted by Crippen LogP contribution is 2.28. The van der Waals surface area contributed by atoms with Crippen molar-refractivity contribution in [3.63, 3.8) is 0 Å². The molecule has 0 unspecified atom stereocenters. The molecule has 5 heteroatoms. The van der Waals surface area contributed by atoms with Gasteiger partial charge in [-0.15, -0.1) is 0 Å². The van der Waals surface area contributed by atoms with Gasteiger partial charge in [0.15, 0.2) is 5.17 Å². The number of carbonyl (C=O) groups excluding carboxylic acids is 1. The fourth-order valence-electron chi connectivity index (χ4n) is 2.53. The van der Waals surface area contributed by atoms with E-state index in [0.29, 0.717) is 10.1 Å². The van der Waals surface area contributed by atoms with Crippen LogP contribution in [0.2, 0.25) is 0 Å². The van der Waals surface area contributed by atoms with Gasteiger partial charge < -0.3 is 9.88 Å². The van der Waals surface area contributed by atoms with Crippen molar-refractivity contribution in [2.45, 2.75) is 20.8 Å². The third-order valence-electron chi connectivity index (χ3n) is 3.78. The number of aryl methyl sites for hydroxylation is 3. The summed E-state index contributed by atoms with van der Waals surface area (Å²) < 4.78 is 2.06. The summed E-state index contributed by atoms with van der Waals surface area (Å²) in [6.45, 7) is 6.12. The van der Waals surface area contributed by atoms with Crippen molar-refractivity contribution in [1.29, 1.82) is 0 Å². The number of hydrogen-bond acceptors (Lipinski definition) is 3. The molecule has 1 aliphatic heterocycles. The van der Waals surface area contributed by atoms with E-state index in [1.165, 1.54) is 11.8 Å². The predicted octanol–water partition coefficient (Wildman–Crippen LogP) is 3.84. The molecule has 0 spiro atoms. The molecule has 0 bridgehead atoms. The van der Waals surface area contributed by atoms with Gasteiger partial charge in [0, 0.05) is 18.4 Å². The maximum atomic E-state index is 12.1. The molecule has 118 valence electrons. The second-order valence-electron chi connectivity index (χ2n) is 5.79. The summed E-state index contributed by atoms with van der Waals surface area (Å²) in [6, 6.07) is 10.2. The summed E-state index contributed by atoms with van der Waals surface area (Å²) in [5.74, 6) is -0.100. The van der Waals surface area contributed by atoms with Gasteiger partial charge in [-0.05, 0) is 74.0 Å². The van der Waals surface area contributed by atoms with Crippen molar-refractivity contribution >= 4 is 34.6 Å². The van der Waals surface area contributed by atoms with E-state index in [9.17, 15) is 4.79 Å². The second-order valence-corrected chi connectivity index (χ2v) is 6.82. The molecule has 4 nitrogen and oxygen atoms in total. The number of nitrogens with one attached hydrogen (secondary N) is 1. The Labute approximate surface area is 140 Å². The lowest BCUT2D eigenvalue weighted by molar-refractivity contribution is -0.115. The van der Waals surface area contributed by atoms with Gasteiger partial charge in [0.1, 0.15) is 0 Å². The van der Waals surface area contributed by atoms with E-state index in [2.05, 4.69) is 20.9 Å². The van der Waals surface area contributed by atoms with E-state index in [-0.39, 0.29) is 5.91 Å². The molecule has 1 aromatic heterocycles. The van der Waals surface area contributed by atoms with Crippen LogP contribution in [0.5, 0.6) is 0 Å². The lowest BCUT2D eigenvalue weighted by atomic mass is 10.1. The topological polar surface area (TPSA) is 46.4 Å². The zero-order chi connectivity index (χ0) is 16.6. The third kappa shape index (κ3) is 3.40. The van der Waals surface area contributed by atoms with Crippen LogP contribution in [0.15, 0.2) is 40.2 Å². The Morgan fingerprint density at radius 3 is 2.43 bits per heavy atom. The molecule has 1 fully saturated rings. The van der Waals surface area contributed by atoms with Crippen molar-refractivity contribution in [2.75, 3.05) is 0 Å². The van der Waals surface area contributed by atoms with Crippen LogP contribution in [0.1, 0.15) is 22.5 Å². The minimum Gasteiger partial charge on any atom is -0.348 e. The molecule has 1 N–H and O–H groups in total. The van der Waals surface area contributed by atoms with Crippen LogP contribution in [-0.4, -0.2) is 15.6 Å². The van der Waals surface area contributed by atoms with E-state index < -0.39 is 0 Å². The fourth-order valence-corrected chi connectivity index (χ4v) is 3.35. The molecular weight excluding hydrogens is 306 g/mol. The monoisotopic (exact) mass is 325 g/mol. The average Bonchev–Trinajstić information content (AvgIpc) is 2.95. The summed E-state index contributed by atoms with van der Waals surface area (Å²) in [4.78, 5) is 17.4. The number of nitrogens with zero attached hydrogens (tertiary/aromatic N) is 2. The van der Waals surface area contributed by atoms with Crippen molar-refractivity contribution in [3.05, 3.63) is 57.8 Å². The first-order chi connectivity index (χ1) is 10.9. The number of amidine groups is 1. The first kappa shape index (κ1) is 15.6. The number of aliphatic imine (C=N–C) groups is 1. The van der Waals surface area contributed by atoms with Crippen LogP contribution in [-0.2, 0) is 11.8 Å². The van der Waals surface area contributed by atoms with Crippen LogP contribution in [0.3, 0.4) is 0 Å². The van der Waals surface area contributed by atoms with Gasteiger partial charge >= 0.3 is 0 Å². The average molecular weight is 325 g/mol. The minimum absolute atomic E-state index is 0.100. The number of rotatable bonds is 2. The third-order valence-corrected chi connectivity index (χ3v) is 4.69. The molecule has 1 aromatic carbocycles. The predicted molar refractivity (Wildman–Crippen MR) is 96.9 cm³/mol. The van der Waals surface area contributed by atoms with Gasteiger partial charge in [0.2, 0.25) is 0 Å². The molecule has 0 radical (unpaired) electrons. The highest BCUT2D eigenvalue weighted by atomic mass is 32.2. The SMILES string of the molecule is Cc1cc(C)cc(N=C2NC(=O)/C(=C/c3ccc(C)n3C)S2)c1. The van der Waals surface area contributed by atoms with Crippen molar-refractivity contribution in [2.24, 2.45) is 12.0 Å². The second kappa shape index (κ2) is 6.08. The lowest BCUT2D eigenvalue weighted by Crippen LogP contribution is -2.19. The molecule has 2 aromatic rings. The molecule has 1 amide bonds. The van der Waals surface area contributed by atoms with Crippen LogP contribution in [0, 0.1) is 20.8 Å². The first-order valence-corrected chi connectivity index (χ1v) is 8.24. The van der Waals surface area contributed by atoms with Crippen LogP contribution in [0.4, 0.5) is 5.69 Å². The van der Waals surface area contributed by atoms with Gasteiger partial charge in [-0.25, -0.2) is 4.99 Å². The number of aromatic nitrogens is 1. The Kier molecular flexibility index (Phi) is 4.13. The quantitative estimate of drug-likeness (QED) is 0.853. The van der Waals surface area contributed by atoms with Gasteiger partial charge in [-0.1, -0.05) is 6.07 Å². The van der Waals surface area contributed by atoms with E-state index in [1.807, 2.05) is 58.2 Å². The Bertz CT molecular complexity index is 826. The van der Waals surface area contributed by atoms with Gasteiger partial charge in [0.25, 0.3) is 5.91 Å². The molecular formula is C18H19N3OS. The van der Waals surface area contributed by atoms with Gasteiger partial charge in [-0.3, -0.25) is 4.79 Å². The fraction of sp³-hybridized carbons (Fsp3) is 0.222. The number of hydrogen-bond donors (Lipinski definition) is 1. The minimum atomic E-state index is -0.100. The summed E-state index contributed by atoms with van der Waals surface area (Å²) >= 11 is 1.38. The molecule has 1 aliphatic rings. The number of amides is 1. The normalized spacial score (nSPS) is 18.0. The van der Waals surface area contributed by atoms with E-state index in [0.717, 1.165) is 28.2 Å². The Hall–Kier alpha value is -2.27. The lowest BCUT2D eigenvalue weighted by Gasteiger charge is -2.01. The van der Waals surface area contributed by atoms with E-state index in [4.69, 9.17) is 0 Å². The molecule has 0 aliphatic carbocycles. The molecule has 2 heterocycles. The molecule has 3 rings (SSSR count). The summed E-state index contributed by atoms with van der Waals surface area (Å²) in [5, 5.41) is 3.46. The zero-order valence-corrected chi connectivity index (χ0v) is 14.5. The maximum absolute atomic E-state index is 12.1. The number of thioether (sulfide) groups is 1. The Morgan fingerprint density at radius 2 is 1.83 bits per heavy atom. The maximum Gasteiger partial charge on any atom is 0.264 e. The highest BCUT2D eigenvalue weighted by Gasteiger charge is 2.24. The van der Waals surface area contributed by atoms with Crippen molar-refractivity contribution in [1.82, 2.24) is 9.88 Å². The molecule has 0 saturated carbocycles. The van der Waals surface area contributed by atoms with E-state index in [1.54, 1.807) is 0 Å². The van der Waals surface area contributed by atoms with Crippen molar-refractivity contribution < 1.29 is 4.79 Å². The van der Waals surface area contributed by atoms with Crippen molar-refractivity contribution in [3.8, 4) is 0 Å². The summed E-state index contributed by atoms with van der Waals surface area (Å²) in [5.41, 5.74) is 5.35. The smallest absolute Gasteiger partial charge is 0.264 e. The van der Waals surface area contributed by atoms with Crippen LogP contribution < -0.4 is 5.32 Å². The largest absolute Gasteiger partial charge is 0.348 e. The van der Waals surface area contributed by atoms with E-state index >= 15 is 0 Å². The zero-order valence-electron chi connectivity index (χ0n) is 13.7. The summed E-state index contributed by atoms with van der Waals surface area (Å²) in [6.07, 6.45) is 1.90. The first-order valence-electron chi connectivity index (χ1n) is 7.42. The van der Waals surface area contributed by atoms with Gasteiger partial charge in [-0.2, -0.15) is 0 Å². The molecule has 0 atom stereocenters. The summed E-state index contributed by atoms with van der Waals surface area (Å²) in [7, 11) is 1.99. The molecule has 1 saturated heterocycles. The molecule has 23 heavy (non-hydrogen) atoms. The van der Waals surface area contributed by atoms with Gasteiger partial charge in [0.05, 0.1) is 10.6 Å². The Balaban J connectivity index is 1.87. The standard InChI is InChI=1S/C18H19N3OS/c1-11-7-12(2)9-14(8-11)19-18-20-17(22)16(23-18)10-15-6-5-13(3)21(15)4/h5-10H,1-4H3,(H,19,20,22)/b16-10-. The Morgan fingerprint density at radius 1 is 1.13 bits per heavy atom.